The first-order valence-corrected chi connectivity index (χ1v) is 9.36. The summed E-state index contributed by atoms with van der Waals surface area (Å²) in [5, 5.41) is 19.3. The van der Waals surface area contributed by atoms with Gasteiger partial charge in [-0.15, -0.1) is 0 Å². The number of carbonyl (C=O) groups excluding carboxylic acids is 1. The van der Waals surface area contributed by atoms with Crippen LogP contribution in [0.15, 0.2) is 11.1 Å². The number of ketones is 1. The molecule has 0 bridgehead atoms. The molecule has 3 aliphatic rings. The molecular formula is C21H28N2O. The summed E-state index contributed by atoms with van der Waals surface area (Å²) in [5.74, 6) is 0.522. The second-order valence-electron chi connectivity index (χ2n) is 9.06. The highest BCUT2D eigenvalue weighted by Crippen LogP contribution is 2.61. The lowest BCUT2D eigenvalue weighted by Gasteiger charge is -2.42. The van der Waals surface area contributed by atoms with Crippen LogP contribution in [0.2, 0.25) is 0 Å². The van der Waals surface area contributed by atoms with Crippen molar-refractivity contribution < 1.29 is 4.79 Å². The number of nitrogens with zero attached hydrogens (tertiary/aromatic N) is 2. The van der Waals surface area contributed by atoms with Crippen LogP contribution < -0.4 is 0 Å². The van der Waals surface area contributed by atoms with Gasteiger partial charge in [-0.1, -0.05) is 34.1 Å². The zero-order valence-corrected chi connectivity index (χ0v) is 15.4. The van der Waals surface area contributed by atoms with Gasteiger partial charge in [0.25, 0.3) is 0 Å². The Hall–Kier alpha value is -1.61. The van der Waals surface area contributed by atoms with Crippen molar-refractivity contribution in [2.45, 2.75) is 66.2 Å². The summed E-state index contributed by atoms with van der Waals surface area (Å²) in [4.78, 5) is 13.6. The molecule has 24 heavy (non-hydrogen) atoms. The zero-order chi connectivity index (χ0) is 17.7. The molecule has 5 atom stereocenters. The number of allylic oxidation sites excluding steroid dienone is 2. The minimum absolute atomic E-state index is 0.0851. The maximum atomic E-state index is 13.6. The molecule has 3 nitrogen and oxygen atoms in total. The second-order valence-corrected chi connectivity index (χ2v) is 9.06. The first-order chi connectivity index (χ1) is 11.3. The van der Waals surface area contributed by atoms with Gasteiger partial charge >= 0.3 is 0 Å². The van der Waals surface area contributed by atoms with E-state index < -0.39 is 0 Å². The van der Waals surface area contributed by atoms with Gasteiger partial charge in [-0.3, -0.25) is 4.79 Å². The lowest BCUT2D eigenvalue weighted by molar-refractivity contribution is -0.126. The molecular weight excluding hydrogens is 296 g/mol. The molecule has 0 unspecified atom stereocenters. The van der Waals surface area contributed by atoms with E-state index >= 15 is 0 Å². The monoisotopic (exact) mass is 324 g/mol. The molecule has 3 rings (SSSR count). The molecule has 0 heterocycles. The Bertz CT molecular complexity index is 677. The minimum atomic E-state index is -0.220. The molecule has 3 aliphatic carbocycles. The molecule has 0 N–H and O–H groups in total. The highest BCUT2D eigenvalue weighted by atomic mass is 16.1. The predicted molar refractivity (Wildman–Crippen MR) is 92.5 cm³/mol. The van der Waals surface area contributed by atoms with Crippen LogP contribution >= 0.6 is 0 Å². The van der Waals surface area contributed by atoms with Gasteiger partial charge in [0.2, 0.25) is 0 Å². The number of hydrogen-bond donors (Lipinski definition) is 0. The van der Waals surface area contributed by atoms with Crippen molar-refractivity contribution in [1.29, 1.82) is 10.5 Å². The highest BCUT2D eigenvalue weighted by Gasteiger charge is 2.57. The molecule has 0 spiro atoms. The summed E-state index contributed by atoms with van der Waals surface area (Å²) < 4.78 is 0. The molecule has 128 valence electrons. The van der Waals surface area contributed by atoms with E-state index in [4.69, 9.17) is 0 Å². The molecule has 2 saturated carbocycles. The van der Waals surface area contributed by atoms with Crippen LogP contribution in [0.25, 0.3) is 0 Å². The Morgan fingerprint density at radius 3 is 2.46 bits per heavy atom. The number of fused-ring (bicyclic) bond motifs is 2. The van der Waals surface area contributed by atoms with E-state index in [0.717, 1.165) is 44.1 Å². The number of nitriles is 2. The van der Waals surface area contributed by atoms with Crippen LogP contribution in [-0.2, 0) is 4.79 Å². The molecule has 0 aromatic carbocycles. The van der Waals surface area contributed by atoms with Gasteiger partial charge in [0.15, 0.2) is 5.78 Å². The van der Waals surface area contributed by atoms with Crippen LogP contribution in [-0.4, -0.2) is 5.78 Å². The third kappa shape index (κ3) is 2.25. The summed E-state index contributed by atoms with van der Waals surface area (Å²) in [5.41, 5.74) is 1.21. The topological polar surface area (TPSA) is 64.7 Å². The molecule has 3 heteroatoms. The molecule has 0 aromatic heterocycles. The summed E-state index contributed by atoms with van der Waals surface area (Å²) in [6.07, 6.45) is 5.57. The van der Waals surface area contributed by atoms with Gasteiger partial charge in [-0.05, 0) is 49.4 Å². The third-order valence-corrected chi connectivity index (χ3v) is 7.38. The van der Waals surface area contributed by atoms with E-state index in [9.17, 15) is 15.3 Å². The lowest BCUT2D eigenvalue weighted by atomic mass is 9.60. The summed E-state index contributed by atoms with van der Waals surface area (Å²) in [6.45, 7) is 8.82. The molecule has 2 fully saturated rings. The van der Waals surface area contributed by atoms with Crippen LogP contribution in [0, 0.1) is 57.2 Å². The maximum absolute atomic E-state index is 13.6. The van der Waals surface area contributed by atoms with E-state index in [1.54, 1.807) is 0 Å². The van der Waals surface area contributed by atoms with Crippen molar-refractivity contribution in [2.24, 2.45) is 34.5 Å². The maximum Gasteiger partial charge on any atom is 0.165 e. The summed E-state index contributed by atoms with van der Waals surface area (Å²) >= 11 is 0. The highest BCUT2D eigenvalue weighted by molar-refractivity contribution is 6.01. The molecule has 0 saturated heterocycles. The van der Waals surface area contributed by atoms with Gasteiger partial charge < -0.3 is 0 Å². The third-order valence-electron chi connectivity index (χ3n) is 7.38. The SMILES string of the molecule is CC(C)[C@H]1CC(C#N)=C2C(=O)[C@@H]3[C@@H](C#N)CCC[C@@]3(C)CC[C@@]21C. The fourth-order valence-corrected chi connectivity index (χ4v) is 6.04. The molecule has 0 amide bonds. The Morgan fingerprint density at radius 1 is 1.17 bits per heavy atom. The zero-order valence-electron chi connectivity index (χ0n) is 15.4. The van der Waals surface area contributed by atoms with E-state index in [1.807, 2.05) is 0 Å². The van der Waals surface area contributed by atoms with Gasteiger partial charge in [0.1, 0.15) is 0 Å². The van der Waals surface area contributed by atoms with Gasteiger partial charge in [0.05, 0.1) is 18.1 Å². The van der Waals surface area contributed by atoms with Gasteiger partial charge in [-0.2, -0.15) is 10.5 Å². The predicted octanol–water partition coefficient (Wildman–Crippen LogP) is 4.80. The van der Waals surface area contributed by atoms with E-state index in [-0.39, 0.29) is 28.4 Å². The van der Waals surface area contributed by atoms with Crippen molar-refractivity contribution >= 4 is 5.78 Å². The van der Waals surface area contributed by atoms with Crippen molar-refractivity contribution in [3.8, 4) is 12.1 Å². The van der Waals surface area contributed by atoms with Crippen molar-refractivity contribution in [2.75, 3.05) is 0 Å². The van der Waals surface area contributed by atoms with Gasteiger partial charge in [0, 0.05) is 22.5 Å². The molecule has 0 aromatic rings. The fourth-order valence-electron chi connectivity index (χ4n) is 6.04. The fraction of sp³-hybridized carbons (Fsp3) is 0.762. The Morgan fingerprint density at radius 2 is 1.88 bits per heavy atom. The molecule has 0 radical (unpaired) electrons. The first kappa shape index (κ1) is 17.2. The van der Waals surface area contributed by atoms with Crippen molar-refractivity contribution in [3.05, 3.63) is 11.1 Å². The Balaban J connectivity index is 2.15. The number of Topliss-reactive ketones (excluding diaryl/α,β-unsaturated/α-hetero) is 1. The van der Waals surface area contributed by atoms with Crippen molar-refractivity contribution in [3.63, 3.8) is 0 Å². The van der Waals surface area contributed by atoms with E-state index in [0.29, 0.717) is 17.4 Å². The Labute approximate surface area is 145 Å². The largest absolute Gasteiger partial charge is 0.294 e. The standard InChI is InChI=1S/C21H28N2O/c1-13(2)16-10-15(12-23)18-19(24)17-14(11-22)6-5-7-20(17,3)8-9-21(16,18)4/h13-14,16-17H,5-10H2,1-4H3/t14-,16-,17+,20+,21-/m1/s1. The van der Waals surface area contributed by atoms with E-state index in [2.05, 4.69) is 39.8 Å². The molecule has 0 aliphatic heterocycles. The lowest BCUT2D eigenvalue weighted by Crippen LogP contribution is -2.41. The number of carbonyl (C=O) groups is 1. The van der Waals surface area contributed by atoms with E-state index in [1.165, 1.54) is 0 Å². The minimum Gasteiger partial charge on any atom is -0.294 e. The van der Waals surface area contributed by atoms with Crippen LogP contribution in [0.1, 0.15) is 66.2 Å². The average Bonchev–Trinajstić information content (AvgIpc) is 2.81. The van der Waals surface area contributed by atoms with Crippen molar-refractivity contribution in [1.82, 2.24) is 0 Å². The normalized spacial score (nSPS) is 42.1. The number of hydrogen-bond acceptors (Lipinski definition) is 3. The van der Waals surface area contributed by atoms with Crippen LogP contribution in [0.5, 0.6) is 0 Å². The Kier molecular flexibility index (Phi) is 4.11. The van der Waals surface area contributed by atoms with Crippen LogP contribution in [0.3, 0.4) is 0 Å². The first-order valence-electron chi connectivity index (χ1n) is 9.36. The number of rotatable bonds is 1. The second kappa shape index (κ2) is 5.73. The average molecular weight is 324 g/mol. The summed E-state index contributed by atoms with van der Waals surface area (Å²) in [6, 6.07) is 4.77. The van der Waals surface area contributed by atoms with Gasteiger partial charge in [-0.25, -0.2) is 0 Å². The quantitative estimate of drug-likeness (QED) is 0.696. The summed E-state index contributed by atoms with van der Waals surface area (Å²) in [7, 11) is 0. The smallest absolute Gasteiger partial charge is 0.165 e. The van der Waals surface area contributed by atoms with Crippen LogP contribution in [0.4, 0.5) is 0 Å².